The number of hydrogen-bond donors (Lipinski definition) is 0. The summed E-state index contributed by atoms with van der Waals surface area (Å²) in [6.45, 7) is 2.73. The first kappa shape index (κ1) is 16.0. The molecule has 0 radical (unpaired) electrons. The predicted molar refractivity (Wildman–Crippen MR) is 88.9 cm³/mol. The number of nitrogens with zero attached hydrogens (tertiary/aromatic N) is 6. The first-order chi connectivity index (χ1) is 12.0. The van der Waals surface area contributed by atoms with Crippen molar-refractivity contribution in [3.8, 4) is 0 Å². The van der Waals surface area contributed by atoms with Crippen molar-refractivity contribution in [2.45, 2.75) is 6.18 Å². The van der Waals surface area contributed by atoms with Gasteiger partial charge in [-0.15, -0.1) is 10.2 Å². The zero-order valence-corrected chi connectivity index (χ0v) is 13.8. The maximum atomic E-state index is 12.6. The Morgan fingerprint density at radius 2 is 1.72 bits per heavy atom. The molecule has 6 nitrogen and oxygen atoms in total. The van der Waals surface area contributed by atoms with Crippen LogP contribution in [0.2, 0.25) is 0 Å². The summed E-state index contributed by atoms with van der Waals surface area (Å²) in [5.41, 5.74) is -0.100. The monoisotopic (exact) mass is 366 g/mol. The summed E-state index contributed by atoms with van der Waals surface area (Å²) < 4.78 is 38.8. The Balaban J connectivity index is 1.44. The summed E-state index contributed by atoms with van der Waals surface area (Å²) in [7, 11) is 0. The molecule has 1 aliphatic heterocycles. The number of fused-ring (bicyclic) bond motifs is 1. The van der Waals surface area contributed by atoms with E-state index >= 15 is 0 Å². The normalized spacial score (nSPS) is 15.8. The number of thiazole rings is 1. The third kappa shape index (κ3) is 3.21. The summed E-state index contributed by atoms with van der Waals surface area (Å²) in [6, 6.07) is 4.27. The van der Waals surface area contributed by atoms with Gasteiger partial charge >= 0.3 is 6.18 Å². The second-order valence-electron chi connectivity index (χ2n) is 5.59. The molecule has 4 rings (SSSR count). The lowest BCUT2D eigenvalue weighted by atomic mass is 10.3. The van der Waals surface area contributed by atoms with Crippen LogP contribution in [0.5, 0.6) is 0 Å². The van der Waals surface area contributed by atoms with Crippen molar-refractivity contribution in [1.29, 1.82) is 0 Å². The van der Waals surface area contributed by atoms with Crippen molar-refractivity contribution in [3.63, 3.8) is 0 Å². The average molecular weight is 366 g/mol. The van der Waals surface area contributed by atoms with E-state index in [9.17, 15) is 13.2 Å². The van der Waals surface area contributed by atoms with E-state index in [-0.39, 0.29) is 0 Å². The Labute approximate surface area is 144 Å². The van der Waals surface area contributed by atoms with Gasteiger partial charge < -0.3 is 9.80 Å². The van der Waals surface area contributed by atoms with Crippen molar-refractivity contribution in [1.82, 2.24) is 20.2 Å². The summed E-state index contributed by atoms with van der Waals surface area (Å²) in [6.07, 6.45) is -0.985. The Hall–Kier alpha value is -2.49. The first-order valence-electron chi connectivity index (χ1n) is 7.62. The second kappa shape index (κ2) is 6.10. The molecule has 0 bridgehead atoms. The second-order valence-corrected chi connectivity index (χ2v) is 6.60. The zero-order valence-electron chi connectivity index (χ0n) is 12.9. The van der Waals surface area contributed by atoms with Crippen LogP contribution in [0.3, 0.4) is 0 Å². The SMILES string of the molecule is FC(F)(F)c1ccc(N2CCN(c3nc4cnccc4s3)CC2)nn1. The molecule has 0 saturated carbocycles. The van der Waals surface area contributed by atoms with Gasteiger partial charge in [0, 0.05) is 32.4 Å². The number of aromatic nitrogens is 4. The molecule has 0 aliphatic carbocycles. The predicted octanol–water partition coefficient (Wildman–Crippen LogP) is 2.83. The highest BCUT2D eigenvalue weighted by atomic mass is 32.1. The van der Waals surface area contributed by atoms with E-state index in [0.717, 1.165) is 34.5 Å². The van der Waals surface area contributed by atoms with Crippen LogP contribution in [0.15, 0.2) is 30.6 Å². The van der Waals surface area contributed by atoms with E-state index in [2.05, 4.69) is 25.1 Å². The number of pyridine rings is 1. The Morgan fingerprint density at radius 1 is 0.960 bits per heavy atom. The maximum absolute atomic E-state index is 12.6. The third-order valence-corrected chi connectivity index (χ3v) is 5.09. The molecule has 3 aromatic heterocycles. The van der Waals surface area contributed by atoms with Crippen molar-refractivity contribution in [2.75, 3.05) is 36.0 Å². The highest BCUT2D eigenvalue weighted by Crippen LogP contribution is 2.30. The molecule has 25 heavy (non-hydrogen) atoms. The van der Waals surface area contributed by atoms with Crippen molar-refractivity contribution in [3.05, 3.63) is 36.3 Å². The minimum absolute atomic E-state index is 0.459. The van der Waals surface area contributed by atoms with E-state index in [1.165, 1.54) is 6.07 Å². The third-order valence-electron chi connectivity index (χ3n) is 3.99. The molecule has 1 aliphatic rings. The molecule has 0 atom stereocenters. The van der Waals surface area contributed by atoms with E-state index in [4.69, 9.17) is 0 Å². The van der Waals surface area contributed by atoms with Gasteiger partial charge in [0.15, 0.2) is 16.6 Å². The summed E-state index contributed by atoms with van der Waals surface area (Å²) >= 11 is 1.61. The molecule has 0 amide bonds. The first-order valence-corrected chi connectivity index (χ1v) is 8.44. The van der Waals surface area contributed by atoms with Gasteiger partial charge in [0.1, 0.15) is 5.52 Å². The molecule has 0 unspecified atom stereocenters. The molecule has 1 saturated heterocycles. The van der Waals surface area contributed by atoms with Gasteiger partial charge in [-0.3, -0.25) is 4.98 Å². The number of piperazine rings is 1. The maximum Gasteiger partial charge on any atom is 0.435 e. The minimum atomic E-state index is -4.47. The molecule has 130 valence electrons. The fourth-order valence-electron chi connectivity index (χ4n) is 2.68. The number of anilines is 2. The van der Waals surface area contributed by atoms with Gasteiger partial charge in [-0.1, -0.05) is 11.3 Å². The lowest BCUT2D eigenvalue weighted by molar-refractivity contribution is -0.141. The van der Waals surface area contributed by atoms with Gasteiger partial charge in [-0.2, -0.15) is 13.2 Å². The smallest absolute Gasteiger partial charge is 0.352 e. The zero-order chi connectivity index (χ0) is 17.4. The van der Waals surface area contributed by atoms with E-state index in [1.54, 1.807) is 23.7 Å². The van der Waals surface area contributed by atoms with Crippen LogP contribution in [0.4, 0.5) is 24.1 Å². The van der Waals surface area contributed by atoms with Crippen LogP contribution in [0.25, 0.3) is 10.2 Å². The number of alkyl halides is 3. The molecule has 1 fully saturated rings. The summed E-state index contributed by atoms with van der Waals surface area (Å²) in [5, 5.41) is 7.93. The lowest BCUT2D eigenvalue weighted by Crippen LogP contribution is -2.46. The largest absolute Gasteiger partial charge is 0.435 e. The Bertz CT molecular complexity index is 838. The van der Waals surface area contributed by atoms with Gasteiger partial charge in [0.2, 0.25) is 0 Å². The van der Waals surface area contributed by atoms with Crippen LogP contribution in [-0.2, 0) is 6.18 Å². The van der Waals surface area contributed by atoms with E-state index in [0.29, 0.717) is 18.9 Å². The summed E-state index contributed by atoms with van der Waals surface area (Å²) in [5.74, 6) is 0.459. The van der Waals surface area contributed by atoms with E-state index in [1.807, 2.05) is 11.0 Å². The van der Waals surface area contributed by atoms with Crippen molar-refractivity contribution in [2.24, 2.45) is 0 Å². The van der Waals surface area contributed by atoms with Crippen LogP contribution in [-0.4, -0.2) is 46.3 Å². The fraction of sp³-hybridized carbons (Fsp3) is 0.333. The van der Waals surface area contributed by atoms with Crippen LogP contribution in [0.1, 0.15) is 5.69 Å². The number of halogens is 3. The highest BCUT2D eigenvalue weighted by Gasteiger charge is 2.33. The average Bonchev–Trinajstić information content (AvgIpc) is 3.05. The molecule has 0 spiro atoms. The van der Waals surface area contributed by atoms with Gasteiger partial charge in [-0.05, 0) is 18.2 Å². The van der Waals surface area contributed by atoms with E-state index < -0.39 is 11.9 Å². The minimum Gasteiger partial charge on any atom is -0.352 e. The molecule has 4 heterocycles. The van der Waals surface area contributed by atoms with Crippen LogP contribution in [0, 0.1) is 0 Å². The van der Waals surface area contributed by atoms with Crippen LogP contribution >= 0.6 is 11.3 Å². The topological polar surface area (TPSA) is 58.0 Å². The fourth-order valence-corrected chi connectivity index (χ4v) is 3.66. The number of hydrogen-bond acceptors (Lipinski definition) is 7. The molecule has 10 heteroatoms. The van der Waals surface area contributed by atoms with Gasteiger partial charge in [0.05, 0.1) is 10.9 Å². The van der Waals surface area contributed by atoms with Gasteiger partial charge in [-0.25, -0.2) is 4.98 Å². The van der Waals surface area contributed by atoms with Crippen molar-refractivity contribution < 1.29 is 13.2 Å². The standard InChI is InChI=1S/C15H13F3N6S/c16-15(17,18)12-1-2-13(22-21-12)23-5-7-24(8-6-23)14-20-10-9-19-4-3-11(10)25-14/h1-4,9H,5-8H2. The number of rotatable bonds is 2. The highest BCUT2D eigenvalue weighted by molar-refractivity contribution is 7.22. The molecule has 0 N–H and O–H groups in total. The quantitative estimate of drug-likeness (QED) is 0.695. The lowest BCUT2D eigenvalue weighted by Gasteiger charge is -2.35. The molecule has 0 aromatic carbocycles. The van der Waals surface area contributed by atoms with Crippen LogP contribution < -0.4 is 9.80 Å². The Morgan fingerprint density at radius 3 is 2.36 bits per heavy atom. The summed E-state index contributed by atoms with van der Waals surface area (Å²) in [4.78, 5) is 12.7. The molecular weight excluding hydrogens is 353 g/mol. The molecule has 3 aromatic rings. The van der Waals surface area contributed by atoms with Gasteiger partial charge in [0.25, 0.3) is 0 Å². The molecular formula is C15H13F3N6S. The van der Waals surface area contributed by atoms with Crippen molar-refractivity contribution >= 4 is 32.5 Å². The Kier molecular flexibility index (Phi) is 3.91.